The Kier molecular flexibility index (Phi) is 4.11. The average Bonchev–Trinajstić information content (AvgIpc) is 2.92. The Morgan fingerprint density at radius 2 is 2.00 bits per heavy atom. The average molecular weight is 324 g/mol. The van der Waals surface area contributed by atoms with Crippen molar-refractivity contribution in [3.63, 3.8) is 0 Å². The second-order valence-corrected chi connectivity index (χ2v) is 8.80. The molecule has 1 unspecified atom stereocenters. The molecule has 2 fully saturated rings. The molecule has 6 nitrogen and oxygen atoms in total. The number of anilines is 1. The molecule has 0 aliphatic carbocycles. The first-order chi connectivity index (χ1) is 10.4. The molecule has 0 amide bonds. The summed E-state index contributed by atoms with van der Waals surface area (Å²) >= 11 is 0. The van der Waals surface area contributed by atoms with Gasteiger partial charge in [0, 0.05) is 31.6 Å². The molecule has 0 radical (unpaired) electrons. The minimum Gasteiger partial charge on any atom is -0.355 e. The van der Waals surface area contributed by atoms with E-state index in [1.54, 1.807) is 11.2 Å². The zero-order valence-corrected chi connectivity index (χ0v) is 14.1. The molecule has 22 heavy (non-hydrogen) atoms. The van der Waals surface area contributed by atoms with Crippen molar-refractivity contribution in [2.75, 3.05) is 36.8 Å². The normalized spacial score (nSPS) is 26.7. The topological polar surface area (TPSA) is 66.4 Å². The van der Waals surface area contributed by atoms with Crippen molar-refractivity contribution in [2.45, 2.75) is 33.1 Å². The summed E-state index contributed by atoms with van der Waals surface area (Å²) in [7, 11) is -3.07. The van der Waals surface area contributed by atoms with E-state index < -0.39 is 10.0 Å². The van der Waals surface area contributed by atoms with Crippen molar-refractivity contribution in [3.8, 4) is 0 Å². The highest BCUT2D eigenvalue weighted by Gasteiger charge is 2.44. The third kappa shape index (κ3) is 2.96. The van der Waals surface area contributed by atoms with Crippen LogP contribution in [0.15, 0.2) is 12.1 Å². The Balaban J connectivity index is 1.75. The second-order valence-electron chi connectivity index (χ2n) is 6.54. The summed E-state index contributed by atoms with van der Waals surface area (Å²) in [6.45, 7) is 6.80. The lowest BCUT2D eigenvalue weighted by Crippen LogP contribution is -2.46. The van der Waals surface area contributed by atoms with Crippen LogP contribution in [0.2, 0.25) is 0 Å². The van der Waals surface area contributed by atoms with Crippen LogP contribution in [0.4, 0.5) is 5.82 Å². The van der Waals surface area contributed by atoms with E-state index in [1.165, 1.54) is 0 Å². The zero-order chi connectivity index (χ0) is 15.8. The number of nitrogens with zero attached hydrogens (tertiary/aromatic N) is 4. The molecule has 2 aliphatic heterocycles. The zero-order valence-electron chi connectivity index (χ0n) is 13.3. The van der Waals surface area contributed by atoms with E-state index in [0.29, 0.717) is 13.1 Å². The van der Waals surface area contributed by atoms with E-state index >= 15 is 0 Å². The van der Waals surface area contributed by atoms with Crippen LogP contribution in [0.25, 0.3) is 0 Å². The summed E-state index contributed by atoms with van der Waals surface area (Å²) in [5.74, 6) is 1.09. The molecule has 1 aromatic heterocycles. The van der Waals surface area contributed by atoms with Gasteiger partial charge in [0.2, 0.25) is 10.0 Å². The number of hydrogen-bond acceptors (Lipinski definition) is 5. The number of aryl methyl sites for hydroxylation is 1. The van der Waals surface area contributed by atoms with Crippen LogP contribution in [0.1, 0.15) is 31.9 Å². The summed E-state index contributed by atoms with van der Waals surface area (Å²) in [6.07, 6.45) is 3.12. The maximum Gasteiger partial charge on any atom is 0.213 e. The molecule has 1 spiro atoms. The van der Waals surface area contributed by atoms with E-state index in [1.807, 2.05) is 19.1 Å². The Hall–Kier alpha value is -1.21. The van der Waals surface area contributed by atoms with Crippen LogP contribution in [-0.2, 0) is 10.0 Å². The molecule has 0 N–H and O–H groups in total. The third-order valence-electron chi connectivity index (χ3n) is 4.93. The number of rotatable bonds is 3. The summed E-state index contributed by atoms with van der Waals surface area (Å²) in [6, 6.07) is 3.99. The maximum absolute atomic E-state index is 12.1. The van der Waals surface area contributed by atoms with E-state index in [4.69, 9.17) is 0 Å². The fourth-order valence-corrected chi connectivity index (χ4v) is 4.82. The predicted octanol–water partition coefficient (Wildman–Crippen LogP) is 1.43. The van der Waals surface area contributed by atoms with E-state index in [-0.39, 0.29) is 11.2 Å². The van der Waals surface area contributed by atoms with Crippen molar-refractivity contribution in [1.29, 1.82) is 0 Å². The number of sulfonamides is 1. The largest absolute Gasteiger partial charge is 0.355 e. The predicted molar refractivity (Wildman–Crippen MR) is 86.3 cm³/mol. The second kappa shape index (κ2) is 5.77. The van der Waals surface area contributed by atoms with Gasteiger partial charge in [-0.2, -0.15) is 5.10 Å². The van der Waals surface area contributed by atoms with Crippen LogP contribution in [0, 0.1) is 12.3 Å². The molecule has 0 aromatic carbocycles. The van der Waals surface area contributed by atoms with Gasteiger partial charge in [-0.3, -0.25) is 0 Å². The van der Waals surface area contributed by atoms with Gasteiger partial charge in [0.05, 0.1) is 11.4 Å². The Morgan fingerprint density at radius 1 is 1.18 bits per heavy atom. The molecular weight excluding hydrogens is 300 g/mol. The molecule has 2 saturated heterocycles. The number of hydrogen-bond donors (Lipinski definition) is 0. The van der Waals surface area contributed by atoms with E-state index in [0.717, 1.165) is 43.9 Å². The van der Waals surface area contributed by atoms with Gasteiger partial charge >= 0.3 is 0 Å². The van der Waals surface area contributed by atoms with Crippen LogP contribution in [-0.4, -0.2) is 54.9 Å². The molecule has 7 heteroatoms. The van der Waals surface area contributed by atoms with Gasteiger partial charge in [-0.25, -0.2) is 12.7 Å². The first-order valence-electron chi connectivity index (χ1n) is 7.97. The molecule has 1 atom stereocenters. The van der Waals surface area contributed by atoms with Crippen LogP contribution >= 0.6 is 0 Å². The van der Waals surface area contributed by atoms with Gasteiger partial charge in [-0.15, -0.1) is 5.10 Å². The van der Waals surface area contributed by atoms with Crippen LogP contribution in [0.5, 0.6) is 0 Å². The van der Waals surface area contributed by atoms with Crippen LogP contribution < -0.4 is 4.90 Å². The molecular formula is C15H24N4O2S. The van der Waals surface area contributed by atoms with Crippen molar-refractivity contribution >= 4 is 15.8 Å². The standard InChI is InChI=1S/C15H24N4O2S/c1-3-22(20,21)19-10-8-15(12-19)7-4-9-18(11-15)14-6-5-13(2)16-17-14/h5-6H,3-4,7-12H2,1-2H3. The quantitative estimate of drug-likeness (QED) is 0.841. The third-order valence-corrected chi connectivity index (χ3v) is 6.76. The Bertz CT molecular complexity index is 631. The summed E-state index contributed by atoms with van der Waals surface area (Å²) < 4.78 is 25.9. The lowest BCUT2D eigenvalue weighted by Gasteiger charge is -2.40. The fraction of sp³-hybridized carbons (Fsp3) is 0.733. The molecule has 0 bridgehead atoms. The molecule has 122 valence electrons. The minimum absolute atomic E-state index is 0.0764. The van der Waals surface area contributed by atoms with Gasteiger partial charge in [-0.1, -0.05) is 0 Å². The summed E-state index contributed by atoms with van der Waals surface area (Å²) in [4.78, 5) is 2.26. The summed E-state index contributed by atoms with van der Waals surface area (Å²) in [5, 5.41) is 8.42. The monoisotopic (exact) mass is 324 g/mol. The lowest BCUT2D eigenvalue weighted by atomic mass is 9.79. The van der Waals surface area contributed by atoms with Gasteiger partial charge in [-0.05, 0) is 45.2 Å². The minimum atomic E-state index is -3.07. The summed E-state index contributed by atoms with van der Waals surface area (Å²) in [5.41, 5.74) is 0.990. The number of aromatic nitrogens is 2. The van der Waals surface area contributed by atoms with Crippen molar-refractivity contribution in [3.05, 3.63) is 17.8 Å². The van der Waals surface area contributed by atoms with Crippen molar-refractivity contribution in [2.24, 2.45) is 5.41 Å². The Morgan fingerprint density at radius 3 is 2.68 bits per heavy atom. The molecule has 3 rings (SSSR count). The molecule has 2 aliphatic rings. The molecule has 1 aromatic rings. The maximum atomic E-state index is 12.1. The van der Waals surface area contributed by atoms with Gasteiger partial charge in [0.1, 0.15) is 0 Å². The highest BCUT2D eigenvalue weighted by atomic mass is 32.2. The molecule has 0 saturated carbocycles. The van der Waals surface area contributed by atoms with E-state index in [9.17, 15) is 8.42 Å². The highest BCUT2D eigenvalue weighted by molar-refractivity contribution is 7.89. The highest BCUT2D eigenvalue weighted by Crippen LogP contribution is 2.40. The Labute approximate surface area is 132 Å². The number of piperidine rings is 1. The van der Waals surface area contributed by atoms with Crippen molar-refractivity contribution < 1.29 is 8.42 Å². The van der Waals surface area contributed by atoms with Crippen LogP contribution in [0.3, 0.4) is 0 Å². The lowest BCUT2D eigenvalue weighted by molar-refractivity contribution is 0.246. The fourth-order valence-electron chi connectivity index (χ4n) is 3.61. The van der Waals surface area contributed by atoms with Crippen molar-refractivity contribution in [1.82, 2.24) is 14.5 Å². The first-order valence-corrected chi connectivity index (χ1v) is 9.58. The van der Waals surface area contributed by atoms with Gasteiger partial charge < -0.3 is 4.90 Å². The first kappa shape index (κ1) is 15.7. The smallest absolute Gasteiger partial charge is 0.213 e. The SMILES string of the molecule is CCS(=O)(=O)N1CCC2(CCCN(c3ccc(C)nn3)C2)C1. The van der Waals surface area contributed by atoms with E-state index in [2.05, 4.69) is 15.1 Å². The molecule has 3 heterocycles. The van der Waals surface area contributed by atoms with Gasteiger partial charge in [0.15, 0.2) is 5.82 Å². The van der Waals surface area contributed by atoms with Gasteiger partial charge in [0.25, 0.3) is 0 Å².